The van der Waals surface area contributed by atoms with Gasteiger partial charge in [-0.05, 0) is 47.3 Å². The molecular formula is C11H12BrNO3. The number of rotatable bonds is 1. The van der Waals surface area contributed by atoms with Crippen LogP contribution in [0.1, 0.15) is 35.0 Å². The maximum atomic E-state index is 11.6. The van der Waals surface area contributed by atoms with Crippen LogP contribution in [0.3, 0.4) is 0 Å². The molecule has 16 heavy (non-hydrogen) atoms. The van der Waals surface area contributed by atoms with E-state index < -0.39 is 11.6 Å². The van der Waals surface area contributed by atoms with Crippen LogP contribution in [0, 0.1) is 0 Å². The Hall–Kier alpha value is -0.940. The van der Waals surface area contributed by atoms with Crippen LogP contribution >= 0.6 is 15.9 Å². The molecule has 1 aliphatic rings. The molecule has 0 amide bonds. The third kappa shape index (κ3) is 1.74. The summed E-state index contributed by atoms with van der Waals surface area (Å²) in [4.78, 5) is 15.8. The summed E-state index contributed by atoms with van der Waals surface area (Å²) in [5.74, 6) is -0.392. The van der Waals surface area contributed by atoms with Gasteiger partial charge in [-0.1, -0.05) is 0 Å². The van der Waals surface area contributed by atoms with Crippen molar-refractivity contribution in [2.24, 2.45) is 0 Å². The van der Waals surface area contributed by atoms with Crippen molar-refractivity contribution in [3.8, 4) is 0 Å². The normalized spacial score (nSPS) is 23.0. The van der Waals surface area contributed by atoms with Gasteiger partial charge in [0.05, 0.1) is 18.4 Å². The van der Waals surface area contributed by atoms with Crippen LogP contribution in [0.5, 0.6) is 0 Å². The van der Waals surface area contributed by atoms with Crippen LogP contribution in [0.2, 0.25) is 0 Å². The molecule has 0 bridgehead atoms. The highest BCUT2D eigenvalue weighted by molar-refractivity contribution is 9.10. The summed E-state index contributed by atoms with van der Waals surface area (Å²) in [6, 6.07) is 1.63. The third-order valence-electron chi connectivity index (χ3n) is 2.87. The van der Waals surface area contributed by atoms with Crippen molar-refractivity contribution in [3.63, 3.8) is 0 Å². The molecule has 1 unspecified atom stereocenters. The van der Waals surface area contributed by atoms with E-state index in [-0.39, 0.29) is 0 Å². The van der Waals surface area contributed by atoms with Crippen LogP contribution in [-0.4, -0.2) is 23.2 Å². The third-order valence-corrected chi connectivity index (χ3v) is 3.28. The van der Waals surface area contributed by atoms with E-state index in [4.69, 9.17) is 4.74 Å². The lowest BCUT2D eigenvalue weighted by atomic mass is 10.0. The van der Waals surface area contributed by atoms with Crippen molar-refractivity contribution in [3.05, 3.63) is 27.5 Å². The topological polar surface area (TPSA) is 59.4 Å². The van der Waals surface area contributed by atoms with Gasteiger partial charge >= 0.3 is 5.97 Å². The van der Waals surface area contributed by atoms with Gasteiger partial charge < -0.3 is 9.84 Å². The zero-order valence-corrected chi connectivity index (χ0v) is 10.7. The van der Waals surface area contributed by atoms with Crippen molar-refractivity contribution in [2.45, 2.75) is 25.4 Å². The molecule has 1 aromatic rings. The van der Waals surface area contributed by atoms with Gasteiger partial charge in [0.25, 0.3) is 0 Å². The Kier molecular flexibility index (Phi) is 2.75. The first-order valence-electron chi connectivity index (χ1n) is 4.96. The van der Waals surface area contributed by atoms with E-state index in [0.717, 1.165) is 5.56 Å². The number of nitrogens with zero attached hydrogens (tertiary/aromatic N) is 1. The molecule has 1 aliphatic carbocycles. The first kappa shape index (κ1) is 11.5. The van der Waals surface area contributed by atoms with Gasteiger partial charge in [-0.15, -0.1) is 0 Å². The average molecular weight is 286 g/mol. The van der Waals surface area contributed by atoms with Crippen molar-refractivity contribution in [2.75, 3.05) is 7.11 Å². The first-order chi connectivity index (χ1) is 7.45. The van der Waals surface area contributed by atoms with Gasteiger partial charge in [-0.2, -0.15) is 0 Å². The van der Waals surface area contributed by atoms with E-state index in [2.05, 4.69) is 20.9 Å². The molecule has 2 rings (SSSR count). The van der Waals surface area contributed by atoms with Crippen LogP contribution < -0.4 is 0 Å². The minimum absolute atomic E-state index is 0.392. The molecule has 1 N–H and O–H groups in total. The number of pyridine rings is 1. The standard InChI is InChI=1S/C11H12BrNO3/c1-11(15)4-3-6-7(10(14)16-2)5-8(12)13-9(6)11/h5,15H,3-4H2,1-2H3. The van der Waals surface area contributed by atoms with Crippen molar-refractivity contribution in [1.29, 1.82) is 0 Å². The van der Waals surface area contributed by atoms with Gasteiger partial charge in [0.15, 0.2) is 0 Å². The average Bonchev–Trinajstić information content (AvgIpc) is 2.53. The van der Waals surface area contributed by atoms with Crippen LogP contribution in [0.25, 0.3) is 0 Å². The minimum atomic E-state index is -0.956. The second kappa shape index (κ2) is 3.82. The SMILES string of the molecule is COC(=O)c1cc(Br)nc2c1CCC2(C)O. The molecule has 0 saturated carbocycles. The predicted molar refractivity (Wildman–Crippen MR) is 61.2 cm³/mol. The first-order valence-corrected chi connectivity index (χ1v) is 5.75. The number of ether oxygens (including phenoxy) is 1. The number of fused-ring (bicyclic) bond motifs is 1. The van der Waals surface area contributed by atoms with E-state index in [1.165, 1.54) is 7.11 Å². The van der Waals surface area contributed by atoms with Gasteiger partial charge in [0, 0.05) is 0 Å². The number of aromatic nitrogens is 1. The molecule has 5 heteroatoms. The minimum Gasteiger partial charge on any atom is -0.465 e. The largest absolute Gasteiger partial charge is 0.465 e. The van der Waals surface area contributed by atoms with Gasteiger partial charge in [0.2, 0.25) is 0 Å². The second-order valence-electron chi connectivity index (χ2n) is 4.09. The number of methoxy groups -OCH3 is 1. The number of aliphatic hydroxyl groups is 1. The monoisotopic (exact) mass is 285 g/mol. The Balaban J connectivity index is 2.62. The lowest BCUT2D eigenvalue weighted by Gasteiger charge is -2.16. The zero-order valence-electron chi connectivity index (χ0n) is 9.08. The molecule has 0 aromatic carbocycles. The van der Waals surface area contributed by atoms with Crippen LogP contribution in [0.4, 0.5) is 0 Å². The fraction of sp³-hybridized carbons (Fsp3) is 0.455. The summed E-state index contributed by atoms with van der Waals surface area (Å²) in [5.41, 5.74) is 0.890. The zero-order chi connectivity index (χ0) is 11.9. The Morgan fingerprint density at radius 2 is 2.38 bits per heavy atom. The number of carbonyl (C=O) groups excluding carboxylic acids is 1. The van der Waals surface area contributed by atoms with Crippen LogP contribution in [0.15, 0.2) is 10.7 Å². The van der Waals surface area contributed by atoms with Crippen molar-refractivity contribution >= 4 is 21.9 Å². The Bertz CT molecular complexity index is 457. The predicted octanol–water partition coefficient (Wildman–Crippen LogP) is 1.78. The van der Waals surface area contributed by atoms with E-state index >= 15 is 0 Å². The smallest absolute Gasteiger partial charge is 0.338 e. The maximum Gasteiger partial charge on any atom is 0.338 e. The fourth-order valence-corrected chi connectivity index (χ4v) is 2.42. The van der Waals surface area contributed by atoms with Crippen LogP contribution in [-0.2, 0) is 16.8 Å². The fourth-order valence-electron chi connectivity index (χ4n) is 2.02. The van der Waals surface area contributed by atoms with E-state index in [1.807, 2.05) is 0 Å². The number of hydrogen-bond acceptors (Lipinski definition) is 4. The molecule has 0 radical (unpaired) electrons. The second-order valence-corrected chi connectivity index (χ2v) is 4.90. The number of halogens is 1. The molecule has 0 aliphatic heterocycles. The highest BCUT2D eigenvalue weighted by atomic mass is 79.9. The number of hydrogen-bond donors (Lipinski definition) is 1. The van der Waals surface area contributed by atoms with Crippen molar-refractivity contribution in [1.82, 2.24) is 4.98 Å². The molecule has 0 fully saturated rings. The molecular weight excluding hydrogens is 274 g/mol. The summed E-state index contributed by atoms with van der Waals surface area (Å²) < 4.78 is 5.25. The van der Waals surface area contributed by atoms with Gasteiger partial charge in [-0.25, -0.2) is 9.78 Å². The Labute approximate surface area is 102 Å². The number of carbonyl (C=O) groups is 1. The quantitative estimate of drug-likeness (QED) is 0.631. The summed E-state index contributed by atoms with van der Waals surface area (Å²) in [6.07, 6.45) is 1.23. The summed E-state index contributed by atoms with van der Waals surface area (Å²) in [6.45, 7) is 1.71. The molecule has 1 aromatic heterocycles. The lowest BCUT2D eigenvalue weighted by Crippen LogP contribution is -2.19. The lowest BCUT2D eigenvalue weighted by molar-refractivity contribution is 0.0552. The van der Waals surface area contributed by atoms with Crippen molar-refractivity contribution < 1.29 is 14.6 Å². The Morgan fingerprint density at radius 3 is 3.00 bits per heavy atom. The maximum absolute atomic E-state index is 11.6. The molecule has 0 saturated heterocycles. The summed E-state index contributed by atoms with van der Waals surface area (Å²) in [7, 11) is 1.34. The van der Waals surface area contributed by atoms with Gasteiger partial charge in [0.1, 0.15) is 10.2 Å². The number of esters is 1. The highest BCUT2D eigenvalue weighted by Crippen LogP contribution is 2.37. The van der Waals surface area contributed by atoms with Gasteiger partial charge in [-0.3, -0.25) is 0 Å². The molecule has 0 spiro atoms. The van der Waals surface area contributed by atoms with E-state index in [1.54, 1.807) is 13.0 Å². The highest BCUT2D eigenvalue weighted by Gasteiger charge is 2.36. The molecule has 1 heterocycles. The Morgan fingerprint density at radius 1 is 1.69 bits per heavy atom. The summed E-state index contributed by atoms with van der Waals surface area (Å²) in [5, 5.41) is 10.1. The molecule has 86 valence electrons. The van der Waals surface area contributed by atoms with E-state index in [0.29, 0.717) is 28.7 Å². The molecule has 4 nitrogen and oxygen atoms in total. The molecule has 1 atom stereocenters. The summed E-state index contributed by atoms with van der Waals surface area (Å²) >= 11 is 3.23. The van der Waals surface area contributed by atoms with E-state index in [9.17, 15) is 9.90 Å².